The highest BCUT2D eigenvalue weighted by atomic mass is 19.1. The van der Waals surface area contributed by atoms with Gasteiger partial charge in [0, 0.05) is 17.3 Å². The number of rotatable bonds is 5. The van der Waals surface area contributed by atoms with E-state index in [1.807, 2.05) is 24.5 Å². The molecule has 0 spiro atoms. The first-order valence-corrected chi connectivity index (χ1v) is 8.99. The molecule has 2 aromatic heterocycles. The van der Waals surface area contributed by atoms with Crippen molar-refractivity contribution in [3.05, 3.63) is 52.9 Å². The molecule has 0 unspecified atom stereocenters. The van der Waals surface area contributed by atoms with Gasteiger partial charge in [0.25, 0.3) is 0 Å². The van der Waals surface area contributed by atoms with Crippen molar-refractivity contribution < 1.29 is 13.6 Å². The number of hydrogen-bond donors (Lipinski definition) is 1. The molecular weight excluding hydrogens is 347 g/mol. The van der Waals surface area contributed by atoms with E-state index in [9.17, 15) is 9.18 Å². The number of benzene rings is 1. The number of aromatic nitrogens is 3. The second-order valence-electron chi connectivity index (χ2n) is 7.12. The van der Waals surface area contributed by atoms with Crippen molar-refractivity contribution >= 4 is 11.6 Å². The van der Waals surface area contributed by atoms with Crippen molar-refractivity contribution in [1.82, 2.24) is 14.8 Å². The average molecular weight is 368 g/mol. The van der Waals surface area contributed by atoms with E-state index in [0.717, 1.165) is 35.4 Å². The lowest BCUT2D eigenvalue weighted by Gasteiger charge is -2.11. The summed E-state index contributed by atoms with van der Waals surface area (Å²) in [5.74, 6) is 0.812. The van der Waals surface area contributed by atoms with Crippen LogP contribution in [0, 0.1) is 26.6 Å². The predicted octanol–water partition coefficient (Wildman–Crippen LogP) is 4.12. The number of amides is 1. The molecule has 2 heterocycles. The lowest BCUT2D eigenvalue weighted by Crippen LogP contribution is -2.20. The Morgan fingerprint density at radius 1 is 1.26 bits per heavy atom. The van der Waals surface area contributed by atoms with E-state index >= 15 is 0 Å². The topological polar surface area (TPSA) is 73.0 Å². The van der Waals surface area contributed by atoms with Crippen LogP contribution in [-0.2, 0) is 11.3 Å². The first-order valence-electron chi connectivity index (χ1n) is 8.99. The molecule has 1 fully saturated rings. The maximum atomic E-state index is 14.0. The predicted molar refractivity (Wildman–Crippen MR) is 98.9 cm³/mol. The van der Waals surface area contributed by atoms with Crippen molar-refractivity contribution in [3.63, 3.8) is 0 Å². The molecule has 0 aliphatic heterocycles. The van der Waals surface area contributed by atoms with E-state index < -0.39 is 5.82 Å². The van der Waals surface area contributed by atoms with Crippen LogP contribution in [0.4, 0.5) is 10.1 Å². The van der Waals surface area contributed by atoms with Gasteiger partial charge in [-0.3, -0.25) is 4.79 Å². The summed E-state index contributed by atoms with van der Waals surface area (Å²) in [5.41, 5.74) is 3.56. The Morgan fingerprint density at radius 2 is 2.04 bits per heavy atom. The molecule has 1 aromatic carbocycles. The quantitative estimate of drug-likeness (QED) is 0.735. The van der Waals surface area contributed by atoms with E-state index in [0.29, 0.717) is 17.7 Å². The Hall–Kier alpha value is -2.96. The Labute approximate surface area is 156 Å². The lowest BCUT2D eigenvalue weighted by molar-refractivity contribution is -0.116. The summed E-state index contributed by atoms with van der Waals surface area (Å²) >= 11 is 0. The highest BCUT2D eigenvalue weighted by Gasteiger charge is 2.30. The van der Waals surface area contributed by atoms with Crippen molar-refractivity contribution in [2.75, 3.05) is 5.32 Å². The highest BCUT2D eigenvalue weighted by molar-refractivity contribution is 5.91. The molecule has 0 bridgehead atoms. The highest BCUT2D eigenvalue weighted by Crippen LogP contribution is 2.40. The summed E-state index contributed by atoms with van der Waals surface area (Å²) in [6.45, 7) is 5.70. The molecule has 0 atom stereocenters. The number of carbonyl (C=O) groups excluding carboxylic acids is 1. The Bertz CT molecular complexity index is 1020. The Kier molecular flexibility index (Phi) is 4.30. The smallest absolute Gasteiger partial charge is 0.249 e. The van der Waals surface area contributed by atoms with Gasteiger partial charge in [-0.1, -0.05) is 6.07 Å². The largest absolute Gasteiger partial charge is 0.420 e. The van der Waals surface area contributed by atoms with Crippen molar-refractivity contribution in [2.45, 2.75) is 46.1 Å². The van der Waals surface area contributed by atoms with Gasteiger partial charge < -0.3 is 14.3 Å². The molecule has 1 aliphatic carbocycles. The molecule has 140 valence electrons. The van der Waals surface area contributed by atoms with Gasteiger partial charge in [-0.05, 0) is 57.4 Å². The fourth-order valence-electron chi connectivity index (χ4n) is 3.15. The van der Waals surface area contributed by atoms with Gasteiger partial charge in [0.1, 0.15) is 12.4 Å². The maximum Gasteiger partial charge on any atom is 0.249 e. The van der Waals surface area contributed by atoms with E-state index in [1.54, 1.807) is 19.1 Å². The standard InChI is InChI=1S/C20H21FN4O2/c1-11-4-7-17(16(21)8-11)22-18(26)10-25-12(2)9-15(13(25)3)20-24-23-19(27-20)14-5-6-14/h4,7-9,14H,5-6,10H2,1-3H3,(H,22,26). The van der Waals surface area contributed by atoms with Crippen molar-refractivity contribution in [1.29, 1.82) is 0 Å². The first-order chi connectivity index (χ1) is 12.9. The third kappa shape index (κ3) is 3.49. The van der Waals surface area contributed by atoms with Crippen LogP contribution in [0.1, 0.15) is 41.6 Å². The van der Waals surface area contributed by atoms with Gasteiger partial charge in [-0.15, -0.1) is 10.2 Å². The summed E-state index contributed by atoms with van der Waals surface area (Å²) in [7, 11) is 0. The molecule has 1 N–H and O–H groups in total. The molecule has 3 aromatic rings. The van der Waals surface area contributed by atoms with E-state index in [2.05, 4.69) is 15.5 Å². The Balaban J connectivity index is 1.53. The molecule has 27 heavy (non-hydrogen) atoms. The van der Waals surface area contributed by atoms with Crippen LogP contribution in [0.2, 0.25) is 0 Å². The van der Waals surface area contributed by atoms with Crippen LogP contribution >= 0.6 is 0 Å². The second-order valence-corrected chi connectivity index (χ2v) is 7.12. The number of aryl methyl sites for hydroxylation is 2. The lowest BCUT2D eigenvalue weighted by atomic mass is 10.2. The number of hydrogen-bond acceptors (Lipinski definition) is 4. The number of nitrogens with one attached hydrogen (secondary N) is 1. The van der Waals surface area contributed by atoms with Gasteiger partial charge in [-0.25, -0.2) is 4.39 Å². The van der Waals surface area contributed by atoms with Crippen molar-refractivity contribution in [2.24, 2.45) is 0 Å². The zero-order valence-corrected chi connectivity index (χ0v) is 15.5. The number of nitrogens with zero attached hydrogens (tertiary/aromatic N) is 3. The van der Waals surface area contributed by atoms with E-state index in [4.69, 9.17) is 4.42 Å². The van der Waals surface area contributed by atoms with E-state index in [-0.39, 0.29) is 18.1 Å². The van der Waals surface area contributed by atoms with Crippen LogP contribution < -0.4 is 5.32 Å². The summed E-state index contributed by atoms with van der Waals surface area (Å²) < 4.78 is 21.6. The minimum atomic E-state index is -0.441. The summed E-state index contributed by atoms with van der Waals surface area (Å²) in [6, 6.07) is 6.66. The molecular formula is C20H21FN4O2. The molecule has 0 saturated heterocycles. The normalized spacial score (nSPS) is 13.8. The molecule has 0 radical (unpaired) electrons. The van der Waals surface area contributed by atoms with Gasteiger partial charge in [0.05, 0.1) is 11.3 Å². The molecule has 6 nitrogen and oxygen atoms in total. The Morgan fingerprint density at radius 3 is 2.74 bits per heavy atom. The van der Waals surface area contributed by atoms with Crippen molar-refractivity contribution in [3.8, 4) is 11.5 Å². The van der Waals surface area contributed by atoms with Crippen LogP contribution in [0.3, 0.4) is 0 Å². The van der Waals surface area contributed by atoms with Crippen LogP contribution in [0.5, 0.6) is 0 Å². The maximum absolute atomic E-state index is 14.0. The van der Waals surface area contributed by atoms with Gasteiger partial charge >= 0.3 is 0 Å². The van der Waals surface area contributed by atoms with E-state index in [1.165, 1.54) is 6.07 Å². The molecule has 7 heteroatoms. The first kappa shape index (κ1) is 17.5. The fraction of sp³-hybridized carbons (Fsp3) is 0.350. The minimum absolute atomic E-state index is 0.0780. The summed E-state index contributed by atoms with van der Waals surface area (Å²) in [6.07, 6.45) is 2.19. The zero-order chi connectivity index (χ0) is 19.1. The molecule has 1 amide bonds. The molecule has 4 rings (SSSR count). The molecule has 1 aliphatic rings. The average Bonchev–Trinajstić information content (AvgIpc) is 3.30. The molecule has 1 saturated carbocycles. The second kappa shape index (κ2) is 6.64. The monoisotopic (exact) mass is 368 g/mol. The van der Waals surface area contributed by atoms with Crippen LogP contribution in [0.15, 0.2) is 28.7 Å². The third-order valence-corrected chi connectivity index (χ3v) is 4.87. The van der Waals surface area contributed by atoms with Gasteiger partial charge in [0.15, 0.2) is 0 Å². The van der Waals surface area contributed by atoms with Crippen LogP contribution in [0.25, 0.3) is 11.5 Å². The van der Waals surface area contributed by atoms with Crippen LogP contribution in [-0.4, -0.2) is 20.7 Å². The fourth-order valence-corrected chi connectivity index (χ4v) is 3.15. The van der Waals surface area contributed by atoms with Gasteiger partial charge in [-0.2, -0.15) is 0 Å². The number of halogens is 1. The number of carbonyl (C=O) groups is 1. The number of anilines is 1. The minimum Gasteiger partial charge on any atom is -0.420 e. The SMILES string of the molecule is Cc1ccc(NC(=O)Cn2c(C)cc(-c3nnc(C4CC4)o3)c2C)c(F)c1. The third-order valence-electron chi connectivity index (χ3n) is 4.87. The van der Waals surface area contributed by atoms with Gasteiger partial charge in [0.2, 0.25) is 17.7 Å². The zero-order valence-electron chi connectivity index (χ0n) is 15.5. The summed E-state index contributed by atoms with van der Waals surface area (Å²) in [5, 5.41) is 10.9. The summed E-state index contributed by atoms with van der Waals surface area (Å²) in [4.78, 5) is 12.4.